The standard InChI is InChI=1S/C12H11F3N4O3/c13-12(14,15)6-3-7-9(16-4-6)19-2-1-18(11(21)22)5-8(19)10(20)17-7/h3-4,8H,1-2,5H2,(H,17,20)(H,21,22)/t8-/m0/s1. The van der Waals surface area contributed by atoms with Crippen molar-refractivity contribution in [1.82, 2.24) is 9.88 Å². The number of hydrogen-bond acceptors (Lipinski definition) is 4. The topological polar surface area (TPSA) is 85.8 Å². The Bertz CT molecular complexity index is 649. The van der Waals surface area contributed by atoms with Gasteiger partial charge in [-0.2, -0.15) is 13.2 Å². The Labute approximate surface area is 122 Å². The van der Waals surface area contributed by atoms with Crippen LogP contribution in [0, 0.1) is 0 Å². The molecule has 3 rings (SSSR count). The number of alkyl halides is 3. The molecule has 1 atom stereocenters. The van der Waals surface area contributed by atoms with Crippen LogP contribution in [-0.2, 0) is 11.0 Å². The molecular weight excluding hydrogens is 305 g/mol. The van der Waals surface area contributed by atoms with Gasteiger partial charge in [0.15, 0.2) is 5.82 Å². The number of nitrogens with zero attached hydrogens (tertiary/aromatic N) is 3. The lowest BCUT2D eigenvalue weighted by Crippen LogP contribution is -2.61. The van der Waals surface area contributed by atoms with Gasteiger partial charge in [-0.3, -0.25) is 4.79 Å². The Morgan fingerprint density at radius 1 is 1.41 bits per heavy atom. The molecule has 2 N–H and O–H groups in total. The Balaban J connectivity index is 1.94. The molecule has 1 fully saturated rings. The second-order valence-electron chi connectivity index (χ2n) is 5.02. The quantitative estimate of drug-likeness (QED) is 0.752. The minimum atomic E-state index is -4.55. The fourth-order valence-electron chi connectivity index (χ4n) is 2.58. The lowest BCUT2D eigenvalue weighted by atomic mass is 10.1. The first-order chi connectivity index (χ1) is 10.3. The van der Waals surface area contributed by atoms with Crippen molar-refractivity contribution in [3.8, 4) is 0 Å². The first kappa shape index (κ1) is 14.4. The average Bonchev–Trinajstić information content (AvgIpc) is 2.45. The molecule has 0 aliphatic carbocycles. The van der Waals surface area contributed by atoms with Gasteiger partial charge in [-0.15, -0.1) is 0 Å². The number of anilines is 2. The maximum absolute atomic E-state index is 12.7. The number of carbonyl (C=O) groups excluding carboxylic acids is 1. The molecule has 1 aromatic rings. The third-order valence-corrected chi connectivity index (χ3v) is 3.68. The molecule has 10 heteroatoms. The molecule has 3 heterocycles. The van der Waals surface area contributed by atoms with E-state index in [4.69, 9.17) is 5.11 Å². The molecule has 0 aromatic carbocycles. The average molecular weight is 316 g/mol. The highest BCUT2D eigenvalue weighted by Crippen LogP contribution is 2.37. The molecule has 0 spiro atoms. The molecule has 1 saturated heterocycles. The largest absolute Gasteiger partial charge is 0.465 e. The van der Waals surface area contributed by atoms with Crippen LogP contribution < -0.4 is 10.2 Å². The first-order valence-corrected chi connectivity index (χ1v) is 6.40. The van der Waals surface area contributed by atoms with Gasteiger partial charge >= 0.3 is 12.3 Å². The maximum atomic E-state index is 12.7. The summed E-state index contributed by atoms with van der Waals surface area (Å²) in [5.74, 6) is -0.317. The summed E-state index contributed by atoms with van der Waals surface area (Å²) in [4.78, 5) is 29.4. The molecule has 2 aliphatic rings. The molecule has 1 aromatic heterocycles. The van der Waals surface area contributed by atoms with Crippen molar-refractivity contribution in [3.63, 3.8) is 0 Å². The summed E-state index contributed by atoms with van der Waals surface area (Å²) in [7, 11) is 0. The zero-order chi connectivity index (χ0) is 16.1. The number of aromatic nitrogens is 1. The molecular formula is C12H11F3N4O3. The van der Waals surface area contributed by atoms with Gasteiger partial charge in [0.25, 0.3) is 0 Å². The molecule has 22 heavy (non-hydrogen) atoms. The number of carbonyl (C=O) groups is 2. The summed E-state index contributed by atoms with van der Waals surface area (Å²) in [6.45, 7) is 0.292. The van der Waals surface area contributed by atoms with E-state index in [0.717, 1.165) is 11.0 Å². The summed E-state index contributed by atoms with van der Waals surface area (Å²) >= 11 is 0. The van der Waals surface area contributed by atoms with E-state index in [0.29, 0.717) is 6.20 Å². The lowest BCUT2D eigenvalue weighted by molar-refractivity contribution is -0.137. The normalized spacial score (nSPS) is 21.0. The molecule has 0 unspecified atom stereocenters. The maximum Gasteiger partial charge on any atom is 0.417 e. The number of halogens is 3. The van der Waals surface area contributed by atoms with Crippen molar-refractivity contribution in [2.24, 2.45) is 0 Å². The number of nitrogens with one attached hydrogen (secondary N) is 1. The molecule has 2 aliphatic heterocycles. The number of piperazine rings is 1. The number of fused-ring (bicyclic) bond motifs is 3. The highest BCUT2D eigenvalue weighted by atomic mass is 19.4. The third kappa shape index (κ3) is 2.30. The van der Waals surface area contributed by atoms with Crippen LogP contribution in [0.2, 0.25) is 0 Å². The van der Waals surface area contributed by atoms with Crippen LogP contribution in [0.1, 0.15) is 5.56 Å². The third-order valence-electron chi connectivity index (χ3n) is 3.68. The smallest absolute Gasteiger partial charge is 0.417 e. The predicted octanol–water partition coefficient (Wildman–Crippen LogP) is 1.22. The first-order valence-electron chi connectivity index (χ1n) is 6.40. The van der Waals surface area contributed by atoms with E-state index in [2.05, 4.69) is 10.3 Å². The van der Waals surface area contributed by atoms with E-state index in [1.165, 1.54) is 4.90 Å². The summed E-state index contributed by atoms with van der Waals surface area (Å²) in [6.07, 6.45) is -4.98. The summed E-state index contributed by atoms with van der Waals surface area (Å²) in [5.41, 5.74) is -0.964. The zero-order valence-corrected chi connectivity index (χ0v) is 11.1. The van der Waals surface area contributed by atoms with E-state index in [9.17, 15) is 22.8 Å². The Morgan fingerprint density at radius 3 is 2.77 bits per heavy atom. The van der Waals surface area contributed by atoms with Crippen LogP contribution in [0.4, 0.5) is 29.5 Å². The van der Waals surface area contributed by atoms with Gasteiger partial charge in [0.05, 0.1) is 17.8 Å². The summed E-state index contributed by atoms with van der Waals surface area (Å²) in [5, 5.41) is 11.3. The van der Waals surface area contributed by atoms with Crippen molar-refractivity contribution < 1.29 is 27.9 Å². The highest BCUT2D eigenvalue weighted by molar-refractivity contribution is 6.03. The molecule has 7 nitrogen and oxygen atoms in total. The fraction of sp³-hybridized carbons (Fsp3) is 0.417. The van der Waals surface area contributed by atoms with Gasteiger partial charge in [-0.25, -0.2) is 9.78 Å². The van der Waals surface area contributed by atoms with Crippen LogP contribution in [0.3, 0.4) is 0 Å². The number of rotatable bonds is 0. The minimum Gasteiger partial charge on any atom is -0.465 e. The van der Waals surface area contributed by atoms with E-state index in [-0.39, 0.29) is 31.1 Å². The van der Waals surface area contributed by atoms with Gasteiger partial charge in [0, 0.05) is 19.3 Å². The van der Waals surface area contributed by atoms with E-state index in [1.54, 1.807) is 0 Å². The second-order valence-corrected chi connectivity index (χ2v) is 5.02. The molecule has 0 bridgehead atoms. The van der Waals surface area contributed by atoms with Gasteiger partial charge < -0.3 is 20.2 Å². The summed E-state index contributed by atoms with van der Waals surface area (Å²) < 4.78 is 38.1. The Morgan fingerprint density at radius 2 is 2.14 bits per heavy atom. The molecule has 0 saturated carbocycles. The van der Waals surface area contributed by atoms with E-state index < -0.39 is 29.8 Å². The van der Waals surface area contributed by atoms with Gasteiger partial charge in [-0.1, -0.05) is 0 Å². The Hall–Kier alpha value is -2.52. The molecule has 0 radical (unpaired) electrons. The van der Waals surface area contributed by atoms with Crippen molar-refractivity contribution in [2.45, 2.75) is 12.2 Å². The lowest BCUT2D eigenvalue weighted by Gasteiger charge is -2.43. The van der Waals surface area contributed by atoms with Gasteiger partial charge in [0.1, 0.15) is 6.04 Å². The van der Waals surface area contributed by atoms with E-state index in [1.807, 2.05) is 0 Å². The summed E-state index contributed by atoms with van der Waals surface area (Å²) in [6, 6.07) is 0.0432. The number of hydrogen-bond donors (Lipinski definition) is 2. The Kier molecular flexibility index (Phi) is 3.11. The predicted molar refractivity (Wildman–Crippen MR) is 68.6 cm³/mol. The fourth-order valence-corrected chi connectivity index (χ4v) is 2.58. The second kappa shape index (κ2) is 4.75. The number of carboxylic acid groups (broad SMARTS) is 1. The SMILES string of the molecule is O=C1Nc2cc(C(F)(F)F)cnc2N2CCN(C(=O)O)C[C@@H]12. The van der Waals surface area contributed by atoms with Crippen molar-refractivity contribution in [2.75, 3.05) is 29.9 Å². The van der Waals surface area contributed by atoms with Crippen molar-refractivity contribution in [1.29, 1.82) is 0 Å². The van der Waals surface area contributed by atoms with Crippen LogP contribution in [0.5, 0.6) is 0 Å². The molecule has 2 amide bonds. The van der Waals surface area contributed by atoms with Gasteiger partial charge in [-0.05, 0) is 6.07 Å². The zero-order valence-electron chi connectivity index (χ0n) is 11.1. The van der Waals surface area contributed by atoms with Crippen molar-refractivity contribution in [3.05, 3.63) is 17.8 Å². The van der Waals surface area contributed by atoms with Gasteiger partial charge in [0.2, 0.25) is 5.91 Å². The van der Waals surface area contributed by atoms with Crippen molar-refractivity contribution >= 4 is 23.5 Å². The van der Waals surface area contributed by atoms with Crippen LogP contribution in [-0.4, -0.2) is 52.7 Å². The van der Waals surface area contributed by atoms with Crippen LogP contribution in [0.15, 0.2) is 12.3 Å². The minimum absolute atomic E-state index is 0.0140. The number of amides is 2. The van der Waals surface area contributed by atoms with E-state index >= 15 is 0 Å². The van der Waals surface area contributed by atoms with Crippen LogP contribution in [0.25, 0.3) is 0 Å². The molecule has 118 valence electrons. The highest BCUT2D eigenvalue weighted by Gasteiger charge is 2.41. The monoisotopic (exact) mass is 316 g/mol. The van der Waals surface area contributed by atoms with Crippen LogP contribution >= 0.6 is 0 Å². The number of pyridine rings is 1.